The first-order valence-corrected chi connectivity index (χ1v) is 8.07. The lowest BCUT2D eigenvalue weighted by atomic mass is 9.99. The molecule has 0 amide bonds. The molecule has 0 aromatic heterocycles. The van der Waals surface area contributed by atoms with Crippen LogP contribution in [0.1, 0.15) is 11.1 Å². The standard InChI is InChI=1S/C18H20FNS/c1-20(2)13-16(12-14-4-8-17(19)9-5-14)15-6-10-18(21-3)11-7-15/h4-11,13H,12H2,1-3H3. The summed E-state index contributed by atoms with van der Waals surface area (Å²) in [7, 11) is 4.03. The molecule has 0 saturated carbocycles. The molecule has 0 fully saturated rings. The van der Waals surface area contributed by atoms with Crippen LogP contribution in [0, 0.1) is 5.82 Å². The van der Waals surface area contributed by atoms with Crippen LogP contribution in [0.5, 0.6) is 0 Å². The summed E-state index contributed by atoms with van der Waals surface area (Å²) in [5, 5.41) is 0. The van der Waals surface area contributed by atoms with Crippen LogP contribution in [-0.2, 0) is 6.42 Å². The summed E-state index contributed by atoms with van der Waals surface area (Å²) in [6, 6.07) is 15.3. The summed E-state index contributed by atoms with van der Waals surface area (Å²) in [5.41, 5.74) is 3.53. The van der Waals surface area contributed by atoms with Gasteiger partial charge in [0.1, 0.15) is 5.82 Å². The normalized spacial score (nSPS) is 11.5. The molecule has 1 nitrogen and oxygen atoms in total. The molecule has 0 bridgehead atoms. The van der Waals surface area contributed by atoms with Crippen LogP contribution < -0.4 is 0 Å². The van der Waals surface area contributed by atoms with E-state index in [1.807, 2.05) is 31.1 Å². The molecular weight excluding hydrogens is 281 g/mol. The van der Waals surface area contributed by atoms with Gasteiger partial charge in [0.25, 0.3) is 0 Å². The topological polar surface area (TPSA) is 3.24 Å². The van der Waals surface area contributed by atoms with Gasteiger partial charge in [-0.25, -0.2) is 4.39 Å². The third-order valence-electron chi connectivity index (χ3n) is 3.18. The highest BCUT2D eigenvalue weighted by Gasteiger charge is 2.05. The molecule has 0 radical (unpaired) electrons. The van der Waals surface area contributed by atoms with Gasteiger partial charge < -0.3 is 4.90 Å². The molecule has 2 aromatic carbocycles. The summed E-state index contributed by atoms with van der Waals surface area (Å²) >= 11 is 1.74. The molecule has 2 rings (SSSR count). The average molecular weight is 301 g/mol. The molecule has 0 saturated heterocycles. The van der Waals surface area contributed by atoms with Gasteiger partial charge in [0, 0.05) is 25.2 Å². The SMILES string of the molecule is CSc1ccc(C(=CN(C)C)Cc2ccc(F)cc2)cc1. The third kappa shape index (κ3) is 4.64. The molecule has 0 unspecified atom stereocenters. The molecule has 0 aliphatic rings. The fourth-order valence-electron chi connectivity index (χ4n) is 2.16. The van der Waals surface area contributed by atoms with Crippen molar-refractivity contribution in [2.24, 2.45) is 0 Å². The van der Waals surface area contributed by atoms with Crippen molar-refractivity contribution in [3.05, 3.63) is 71.7 Å². The highest BCUT2D eigenvalue weighted by atomic mass is 32.2. The van der Waals surface area contributed by atoms with Gasteiger partial charge in [-0.05, 0) is 53.6 Å². The quantitative estimate of drug-likeness (QED) is 0.737. The van der Waals surface area contributed by atoms with Crippen LogP contribution >= 0.6 is 11.8 Å². The van der Waals surface area contributed by atoms with E-state index in [1.54, 1.807) is 11.8 Å². The van der Waals surface area contributed by atoms with Gasteiger partial charge in [-0.2, -0.15) is 0 Å². The molecule has 3 heteroatoms. The number of allylic oxidation sites excluding steroid dienone is 1. The van der Waals surface area contributed by atoms with E-state index >= 15 is 0 Å². The molecule has 0 aliphatic heterocycles. The van der Waals surface area contributed by atoms with Crippen molar-refractivity contribution in [1.29, 1.82) is 0 Å². The summed E-state index contributed by atoms with van der Waals surface area (Å²) < 4.78 is 13.0. The van der Waals surface area contributed by atoms with Gasteiger partial charge in [-0.3, -0.25) is 0 Å². The Morgan fingerprint density at radius 1 is 1.05 bits per heavy atom. The van der Waals surface area contributed by atoms with E-state index in [-0.39, 0.29) is 5.82 Å². The lowest BCUT2D eigenvalue weighted by Gasteiger charge is -2.13. The number of hydrogen-bond donors (Lipinski definition) is 0. The minimum atomic E-state index is -0.193. The van der Waals surface area contributed by atoms with Crippen LogP contribution in [0.3, 0.4) is 0 Å². The van der Waals surface area contributed by atoms with Crippen LogP contribution in [0.4, 0.5) is 4.39 Å². The van der Waals surface area contributed by atoms with Crippen molar-refractivity contribution in [2.75, 3.05) is 20.4 Å². The van der Waals surface area contributed by atoms with E-state index in [2.05, 4.69) is 36.7 Å². The molecule has 110 valence electrons. The van der Waals surface area contributed by atoms with Gasteiger partial charge in [-0.1, -0.05) is 24.3 Å². The molecule has 0 aliphatic carbocycles. The van der Waals surface area contributed by atoms with Gasteiger partial charge in [-0.15, -0.1) is 11.8 Å². The first kappa shape index (κ1) is 15.6. The Hall–Kier alpha value is -1.74. The largest absolute Gasteiger partial charge is 0.383 e. The fraction of sp³-hybridized carbons (Fsp3) is 0.222. The zero-order valence-electron chi connectivity index (χ0n) is 12.6. The molecule has 21 heavy (non-hydrogen) atoms. The number of benzene rings is 2. The summed E-state index contributed by atoms with van der Waals surface area (Å²) in [5.74, 6) is -0.193. The van der Waals surface area contributed by atoms with Gasteiger partial charge in [0.05, 0.1) is 0 Å². The van der Waals surface area contributed by atoms with E-state index in [1.165, 1.54) is 28.2 Å². The Morgan fingerprint density at radius 2 is 1.67 bits per heavy atom. The zero-order chi connectivity index (χ0) is 15.2. The fourth-order valence-corrected chi connectivity index (χ4v) is 2.57. The average Bonchev–Trinajstić information content (AvgIpc) is 2.48. The van der Waals surface area contributed by atoms with Crippen LogP contribution in [-0.4, -0.2) is 25.3 Å². The predicted molar refractivity (Wildman–Crippen MR) is 90.0 cm³/mol. The Balaban J connectivity index is 2.27. The maximum absolute atomic E-state index is 13.0. The lowest BCUT2D eigenvalue weighted by Crippen LogP contribution is -2.04. The highest BCUT2D eigenvalue weighted by molar-refractivity contribution is 7.98. The number of rotatable bonds is 5. The number of hydrogen-bond acceptors (Lipinski definition) is 2. The Bertz CT molecular complexity index is 600. The van der Waals surface area contributed by atoms with E-state index in [0.717, 1.165) is 12.0 Å². The smallest absolute Gasteiger partial charge is 0.123 e. The second-order valence-corrected chi connectivity index (χ2v) is 6.03. The van der Waals surface area contributed by atoms with Crippen molar-refractivity contribution < 1.29 is 4.39 Å². The maximum atomic E-state index is 13.0. The molecule has 0 N–H and O–H groups in total. The van der Waals surface area contributed by atoms with Gasteiger partial charge in [0.15, 0.2) is 0 Å². The van der Waals surface area contributed by atoms with Gasteiger partial charge in [0.2, 0.25) is 0 Å². The monoisotopic (exact) mass is 301 g/mol. The Kier molecular flexibility index (Phi) is 5.45. The number of halogens is 1. The number of nitrogens with zero attached hydrogens (tertiary/aromatic N) is 1. The van der Waals surface area contributed by atoms with E-state index in [4.69, 9.17) is 0 Å². The zero-order valence-corrected chi connectivity index (χ0v) is 13.5. The third-order valence-corrected chi connectivity index (χ3v) is 3.93. The molecular formula is C18H20FNS. The molecule has 0 spiro atoms. The van der Waals surface area contributed by atoms with Crippen molar-refractivity contribution in [2.45, 2.75) is 11.3 Å². The second-order valence-electron chi connectivity index (χ2n) is 5.15. The molecule has 0 heterocycles. The van der Waals surface area contributed by atoms with E-state index < -0.39 is 0 Å². The summed E-state index contributed by atoms with van der Waals surface area (Å²) in [4.78, 5) is 3.30. The lowest BCUT2D eigenvalue weighted by molar-refractivity contribution is 0.564. The first-order chi connectivity index (χ1) is 10.1. The van der Waals surface area contributed by atoms with Crippen LogP contribution in [0.15, 0.2) is 59.6 Å². The highest BCUT2D eigenvalue weighted by Crippen LogP contribution is 2.23. The van der Waals surface area contributed by atoms with Crippen molar-refractivity contribution in [3.63, 3.8) is 0 Å². The summed E-state index contributed by atoms with van der Waals surface area (Å²) in [6.45, 7) is 0. The Morgan fingerprint density at radius 3 is 2.19 bits per heavy atom. The first-order valence-electron chi connectivity index (χ1n) is 6.84. The van der Waals surface area contributed by atoms with Crippen LogP contribution in [0.2, 0.25) is 0 Å². The predicted octanol–water partition coefficient (Wildman–Crippen LogP) is 4.69. The Labute approximate surface area is 130 Å². The maximum Gasteiger partial charge on any atom is 0.123 e. The van der Waals surface area contributed by atoms with E-state index in [9.17, 15) is 4.39 Å². The molecule has 0 atom stereocenters. The van der Waals surface area contributed by atoms with Crippen LogP contribution in [0.25, 0.3) is 5.57 Å². The van der Waals surface area contributed by atoms with E-state index in [0.29, 0.717) is 0 Å². The van der Waals surface area contributed by atoms with Gasteiger partial charge >= 0.3 is 0 Å². The minimum Gasteiger partial charge on any atom is -0.383 e. The number of thioether (sulfide) groups is 1. The van der Waals surface area contributed by atoms with Crippen molar-refractivity contribution in [1.82, 2.24) is 4.90 Å². The minimum absolute atomic E-state index is 0.193. The van der Waals surface area contributed by atoms with Crippen molar-refractivity contribution in [3.8, 4) is 0 Å². The summed E-state index contributed by atoms with van der Waals surface area (Å²) in [6.07, 6.45) is 4.98. The van der Waals surface area contributed by atoms with Crippen molar-refractivity contribution >= 4 is 17.3 Å². The second kappa shape index (κ2) is 7.32. The molecule has 2 aromatic rings.